The lowest BCUT2D eigenvalue weighted by molar-refractivity contribution is 0.476. The molecule has 0 bridgehead atoms. The topological polar surface area (TPSA) is 50.9 Å². The molecule has 4 nitrogen and oxygen atoms in total. The summed E-state index contributed by atoms with van der Waals surface area (Å²) in [7, 11) is 0. The molecule has 0 saturated carbocycles. The Kier molecular flexibility index (Phi) is 2.18. The highest BCUT2D eigenvalue weighted by atomic mass is 16.3. The lowest BCUT2D eigenvalue weighted by Crippen LogP contribution is -1.99. The molecule has 0 spiro atoms. The van der Waals surface area contributed by atoms with E-state index >= 15 is 0 Å². The average molecular weight is 189 g/mol. The number of rotatable bonds is 2. The Labute approximate surface area is 81.8 Å². The lowest BCUT2D eigenvalue weighted by Gasteiger charge is -2.04. The van der Waals surface area contributed by atoms with Gasteiger partial charge in [-0.1, -0.05) is 17.3 Å². The molecule has 1 aromatic heterocycles. The quantitative estimate of drug-likeness (QED) is 0.781. The van der Waals surface area contributed by atoms with Gasteiger partial charge in [0, 0.05) is 12.1 Å². The molecule has 14 heavy (non-hydrogen) atoms. The van der Waals surface area contributed by atoms with Crippen molar-refractivity contribution in [3.8, 4) is 17.0 Å². The SMILES string of the molecule is CCn1nncc1-c1ccccc1O. The maximum absolute atomic E-state index is 9.63. The molecule has 0 aliphatic heterocycles. The van der Waals surface area contributed by atoms with Crippen LogP contribution in [0.25, 0.3) is 11.3 Å². The number of phenolic OH excluding ortho intramolecular Hbond substituents is 1. The van der Waals surface area contributed by atoms with Crippen LogP contribution in [0.5, 0.6) is 5.75 Å². The number of benzene rings is 1. The number of hydrogen-bond donors (Lipinski definition) is 1. The monoisotopic (exact) mass is 189 g/mol. The van der Waals surface area contributed by atoms with Crippen LogP contribution in [-0.4, -0.2) is 20.1 Å². The third kappa shape index (κ3) is 1.35. The zero-order valence-corrected chi connectivity index (χ0v) is 7.88. The summed E-state index contributed by atoms with van der Waals surface area (Å²) in [5, 5.41) is 17.4. The van der Waals surface area contributed by atoms with Gasteiger partial charge in [0.25, 0.3) is 0 Å². The predicted octanol–water partition coefficient (Wildman–Crippen LogP) is 1.67. The Morgan fingerprint density at radius 2 is 2.14 bits per heavy atom. The van der Waals surface area contributed by atoms with Crippen molar-refractivity contribution in [1.82, 2.24) is 15.0 Å². The van der Waals surface area contributed by atoms with Gasteiger partial charge in [-0.3, -0.25) is 0 Å². The Morgan fingerprint density at radius 3 is 2.86 bits per heavy atom. The van der Waals surface area contributed by atoms with Gasteiger partial charge in [-0.2, -0.15) is 0 Å². The van der Waals surface area contributed by atoms with Crippen molar-refractivity contribution in [3.63, 3.8) is 0 Å². The number of aryl methyl sites for hydroxylation is 1. The molecule has 2 rings (SSSR count). The smallest absolute Gasteiger partial charge is 0.125 e. The zero-order chi connectivity index (χ0) is 9.97. The van der Waals surface area contributed by atoms with Gasteiger partial charge in [-0.25, -0.2) is 4.68 Å². The maximum atomic E-state index is 9.63. The van der Waals surface area contributed by atoms with Crippen molar-refractivity contribution >= 4 is 0 Å². The number of phenols is 1. The van der Waals surface area contributed by atoms with E-state index in [0.717, 1.165) is 17.8 Å². The fourth-order valence-electron chi connectivity index (χ4n) is 1.39. The summed E-state index contributed by atoms with van der Waals surface area (Å²) < 4.78 is 1.75. The summed E-state index contributed by atoms with van der Waals surface area (Å²) in [5.41, 5.74) is 1.60. The van der Waals surface area contributed by atoms with E-state index in [0.29, 0.717) is 0 Å². The number of nitrogens with zero attached hydrogens (tertiary/aromatic N) is 3. The number of hydrogen-bond acceptors (Lipinski definition) is 3. The van der Waals surface area contributed by atoms with Crippen molar-refractivity contribution in [3.05, 3.63) is 30.5 Å². The third-order valence-corrected chi connectivity index (χ3v) is 2.10. The van der Waals surface area contributed by atoms with Gasteiger partial charge in [0.05, 0.1) is 11.9 Å². The summed E-state index contributed by atoms with van der Waals surface area (Å²) in [4.78, 5) is 0. The van der Waals surface area contributed by atoms with Crippen LogP contribution in [0, 0.1) is 0 Å². The van der Waals surface area contributed by atoms with Crippen LogP contribution in [0.4, 0.5) is 0 Å². The molecule has 0 amide bonds. The Hall–Kier alpha value is -1.84. The summed E-state index contributed by atoms with van der Waals surface area (Å²) >= 11 is 0. The van der Waals surface area contributed by atoms with E-state index in [-0.39, 0.29) is 5.75 Å². The third-order valence-electron chi connectivity index (χ3n) is 2.10. The highest BCUT2D eigenvalue weighted by Crippen LogP contribution is 2.27. The molecule has 72 valence electrons. The molecule has 0 aliphatic rings. The molecule has 0 saturated heterocycles. The second-order valence-electron chi connectivity index (χ2n) is 2.95. The van der Waals surface area contributed by atoms with Gasteiger partial charge in [0.1, 0.15) is 5.75 Å². The molecular weight excluding hydrogens is 178 g/mol. The molecule has 0 unspecified atom stereocenters. The largest absolute Gasteiger partial charge is 0.507 e. The molecule has 4 heteroatoms. The van der Waals surface area contributed by atoms with Crippen molar-refractivity contribution in [2.24, 2.45) is 0 Å². The van der Waals surface area contributed by atoms with Gasteiger partial charge in [-0.05, 0) is 19.1 Å². The van der Waals surface area contributed by atoms with Crippen molar-refractivity contribution in [2.75, 3.05) is 0 Å². The van der Waals surface area contributed by atoms with Crippen molar-refractivity contribution < 1.29 is 5.11 Å². The molecule has 0 aliphatic carbocycles. The van der Waals surface area contributed by atoms with Gasteiger partial charge < -0.3 is 5.11 Å². The fourth-order valence-corrected chi connectivity index (χ4v) is 1.39. The van der Waals surface area contributed by atoms with Crippen LogP contribution in [0.2, 0.25) is 0 Å². The van der Waals surface area contributed by atoms with E-state index in [4.69, 9.17) is 0 Å². The van der Waals surface area contributed by atoms with Crippen LogP contribution in [0.15, 0.2) is 30.5 Å². The van der Waals surface area contributed by atoms with Crippen molar-refractivity contribution in [2.45, 2.75) is 13.5 Å². The summed E-state index contributed by atoms with van der Waals surface area (Å²) in [6.07, 6.45) is 1.65. The van der Waals surface area contributed by atoms with Gasteiger partial charge in [0.2, 0.25) is 0 Å². The van der Waals surface area contributed by atoms with Gasteiger partial charge in [-0.15, -0.1) is 5.10 Å². The second kappa shape index (κ2) is 3.49. The highest BCUT2D eigenvalue weighted by molar-refractivity contribution is 5.65. The fraction of sp³-hybridized carbons (Fsp3) is 0.200. The Morgan fingerprint density at radius 1 is 1.36 bits per heavy atom. The summed E-state index contributed by atoms with van der Waals surface area (Å²) in [6.45, 7) is 2.72. The molecule has 1 heterocycles. The summed E-state index contributed by atoms with van der Waals surface area (Å²) in [5.74, 6) is 0.254. The van der Waals surface area contributed by atoms with E-state index in [1.54, 1.807) is 23.0 Å². The molecule has 0 radical (unpaired) electrons. The number of aromatic nitrogens is 3. The van der Waals surface area contributed by atoms with Gasteiger partial charge in [0.15, 0.2) is 0 Å². The first-order chi connectivity index (χ1) is 6.83. The second-order valence-corrected chi connectivity index (χ2v) is 2.95. The Bertz CT molecular complexity index is 436. The minimum atomic E-state index is 0.254. The molecule has 0 fully saturated rings. The normalized spacial score (nSPS) is 10.4. The molecule has 1 aromatic carbocycles. The molecule has 0 atom stereocenters. The predicted molar refractivity (Wildman–Crippen MR) is 52.8 cm³/mol. The summed E-state index contributed by atoms with van der Waals surface area (Å²) in [6, 6.07) is 7.17. The molecule has 2 aromatic rings. The van der Waals surface area contributed by atoms with E-state index in [9.17, 15) is 5.11 Å². The van der Waals surface area contributed by atoms with Crippen LogP contribution >= 0.6 is 0 Å². The van der Waals surface area contributed by atoms with E-state index in [2.05, 4.69) is 10.3 Å². The first-order valence-corrected chi connectivity index (χ1v) is 4.49. The van der Waals surface area contributed by atoms with Crippen LogP contribution in [0.1, 0.15) is 6.92 Å². The number of aromatic hydroxyl groups is 1. The van der Waals surface area contributed by atoms with E-state index in [1.807, 2.05) is 19.1 Å². The number of para-hydroxylation sites is 1. The maximum Gasteiger partial charge on any atom is 0.125 e. The molecular formula is C10H11N3O. The van der Waals surface area contributed by atoms with Crippen LogP contribution in [0.3, 0.4) is 0 Å². The van der Waals surface area contributed by atoms with Gasteiger partial charge >= 0.3 is 0 Å². The first-order valence-electron chi connectivity index (χ1n) is 4.49. The zero-order valence-electron chi connectivity index (χ0n) is 7.88. The lowest BCUT2D eigenvalue weighted by atomic mass is 10.1. The minimum Gasteiger partial charge on any atom is -0.507 e. The minimum absolute atomic E-state index is 0.254. The van der Waals surface area contributed by atoms with Crippen LogP contribution in [-0.2, 0) is 6.54 Å². The van der Waals surface area contributed by atoms with Crippen LogP contribution < -0.4 is 0 Å². The highest BCUT2D eigenvalue weighted by Gasteiger charge is 2.08. The van der Waals surface area contributed by atoms with E-state index in [1.165, 1.54) is 0 Å². The Balaban J connectivity index is 2.54. The first kappa shape index (κ1) is 8.74. The average Bonchev–Trinajstić information content (AvgIpc) is 2.66. The van der Waals surface area contributed by atoms with E-state index < -0.39 is 0 Å². The molecule has 1 N–H and O–H groups in total. The standard InChI is InChI=1S/C10H11N3O/c1-2-13-9(7-11-12-13)8-5-3-4-6-10(8)14/h3-7,14H,2H2,1H3. The van der Waals surface area contributed by atoms with Crippen molar-refractivity contribution in [1.29, 1.82) is 0 Å².